The third-order valence-corrected chi connectivity index (χ3v) is 4.31. The molecule has 3 fully saturated rings. The van der Waals surface area contributed by atoms with Crippen molar-refractivity contribution in [1.29, 1.82) is 0 Å². The molecular weight excluding hydrogens is 240 g/mol. The highest BCUT2D eigenvalue weighted by Crippen LogP contribution is 2.35. The van der Waals surface area contributed by atoms with Gasteiger partial charge >= 0.3 is 0 Å². The average Bonchev–Trinajstić information content (AvgIpc) is 3.28. The number of allylic oxidation sites excluding steroid dienone is 1. The minimum Gasteiger partial charge on any atom is -0.100 e. The molecule has 0 N–H and O–H groups in total. The van der Waals surface area contributed by atoms with Gasteiger partial charge in [-0.1, -0.05) is 72.3 Å². The fourth-order valence-electron chi connectivity index (χ4n) is 1.46. The summed E-state index contributed by atoms with van der Waals surface area (Å²) in [5, 5.41) is 0. The molecule has 0 spiro atoms. The first-order chi connectivity index (χ1) is 9.40. The number of hydrogen-bond acceptors (Lipinski definition) is 0. The van der Waals surface area contributed by atoms with Crippen molar-refractivity contribution in [2.45, 2.75) is 92.9 Å². The molecule has 0 heteroatoms. The largest absolute Gasteiger partial charge is 0.100 e. The zero-order valence-electron chi connectivity index (χ0n) is 15.2. The van der Waals surface area contributed by atoms with E-state index in [9.17, 15) is 0 Å². The normalized spacial score (nSPS) is 19.8. The van der Waals surface area contributed by atoms with E-state index >= 15 is 0 Å². The summed E-state index contributed by atoms with van der Waals surface area (Å²) < 4.78 is 0. The van der Waals surface area contributed by atoms with Crippen molar-refractivity contribution in [2.75, 3.05) is 0 Å². The van der Waals surface area contributed by atoms with Gasteiger partial charge in [-0.25, -0.2) is 0 Å². The summed E-state index contributed by atoms with van der Waals surface area (Å²) in [5.41, 5.74) is 1.25. The monoisotopic (exact) mass is 280 g/mol. The van der Waals surface area contributed by atoms with Crippen molar-refractivity contribution < 1.29 is 0 Å². The van der Waals surface area contributed by atoms with Gasteiger partial charge in [0.2, 0.25) is 0 Å². The predicted molar refractivity (Wildman–Crippen MR) is 94.1 cm³/mol. The van der Waals surface area contributed by atoms with E-state index in [2.05, 4.69) is 41.2 Å². The molecule has 120 valence electrons. The van der Waals surface area contributed by atoms with E-state index in [1.54, 1.807) is 0 Å². The fourth-order valence-corrected chi connectivity index (χ4v) is 1.46. The lowest BCUT2D eigenvalue weighted by Crippen LogP contribution is -1.85. The van der Waals surface area contributed by atoms with E-state index in [0.717, 1.165) is 30.1 Å². The van der Waals surface area contributed by atoms with Gasteiger partial charge in [0, 0.05) is 0 Å². The zero-order chi connectivity index (χ0) is 15.5. The second-order valence-electron chi connectivity index (χ2n) is 7.43. The Hall–Kier alpha value is -0.260. The SMILES string of the molecule is C=C(C)CC.CC(C)C1CC1.CC1CC1.CCC1CC1. The van der Waals surface area contributed by atoms with Crippen LogP contribution in [0.25, 0.3) is 0 Å². The smallest absolute Gasteiger partial charge is 0.0354 e. The Balaban J connectivity index is 0.000000243. The Kier molecular flexibility index (Phi) is 11.3. The van der Waals surface area contributed by atoms with E-state index in [-0.39, 0.29) is 0 Å². The first kappa shape index (κ1) is 19.7. The standard InChI is InChI=1S/C6H12.2C5H10.C4H8/c1-5(2)6-3-4-6;1-2-5-3-4-5;1-4-5(2)3;1-4-2-3-4/h5-6H,3-4H2,1-2H3;5H,2-4H2,1H3;2,4H2,1,3H3;4H,2-3H2,1H3. The second-order valence-corrected chi connectivity index (χ2v) is 7.43. The molecular formula is C20H40. The van der Waals surface area contributed by atoms with E-state index < -0.39 is 0 Å². The molecule has 3 aliphatic carbocycles. The lowest BCUT2D eigenvalue weighted by atomic mass is 10.1. The first-order valence-corrected chi connectivity index (χ1v) is 9.04. The first-order valence-electron chi connectivity index (χ1n) is 9.04. The van der Waals surface area contributed by atoms with Crippen LogP contribution in [-0.2, 0) is 0 Å². The molecule has 0 amide bonds. The quantitative estimate of drug-likeness (QED) is 0.478. The second kappa shape index (κ2) is 11.4. The molecule has 0 nitrogen and oxygen atoms in total. The third kappa shape index (κ3) is 17.7. The maximum atomic E-state index is 3.67. The molecule has 0 aromatic heterocycles. The molecule has 3 rings (SSSR count). The summed E-state index contributed by atoms with van der Waals surface area (Å²) in [6.45, 7) is 16.9. The summed E-state index contributed by atoms with van der Waals surface area (Å²) in [6, 6.07) is 0. The molecule has 0 aliphatic heterocycles. The van der Waals surface area contributed by atoms with Crippen molar-refractivity contribution in [1.82, 2.24) is 0 Å². The minimum absolute atomic E-state index is 0.963. The van der Waals surface area contributed by atoms with Crippen molar-refractivity contribution in [3.63, 3.8) is 0 Å². The maximum Gasteiger partial charge on any atom is -0.0354 e. The van der Waals surface area contributed by atoms with Gasteiger partial charge in [-0.2, -0.15) is 0 Å². The molecule has 0 heterocycles. The van der Waals surface area contributed by atoms with Crippen LogP contribution in [0, 0.1) is 23.7 Å². The lowest BCUT2D eigenvalue weighted by molar-refractivity contribution is 0.563. The predicted octanol–water partition coefficient (Wildman–Crippen LogP) is 7.25. The van der Waals surface area contributed by atoms with Crippen LogP contribution in [0.5, 0.6) is 0 Å². The molecule has 0 unspecified atom stereocenters. The van der Waals surface area contributed by atoms with Crippen molar-refractivity contribution >= 4 is 0 Å². The van der Waals surface area contributed by atoms with Crippen molar-refractivity contribution in [3.05, 3.63) is 12.2 Å². The summed E-state index contributed by atoms with van der Waals surface area (Å²) >= 11 is 0. The van der Waals surface area contributed by atoms with Crippen LogP contribution < -0.4 is 0 Å². The Bertz CT molecular complexity index is 226. The van der Waals surface area contributed by atoms with Crippen LogP contribution in [-0.4, -0.2) is 0 Å². The Labute approximate surface area is 129 Å². The topological polar surface area (TPSA) is 0 Å². The fraction of sp³-hybridized carbons (Fsp3) is 0.900. The van der Waals surface area contributed by atoms with E-state index in [4.69, 9.17) is 0 Å². The highest BCUT2D eigenvalue weighted by molar-refractivity contribution is 4.84. The minimum atomic E-state index is 0.963. The number of hydrogen-bond donors (Lipinski definition) is 0. The molecule has 0 saturated heterocycles. The van der Waals surface area contributed by atoms with Crippen LogP contribution >= 0.6 is 0 Å². The van der Waals surface area contributed by atoms with Gasteiger partial charge in [-0.05, 0) is 49.9 Å². The molecule has 0 aromatic rings. The Morgan fingerprint density at radius 2 is 1.40 bits per heavy atom. The molecule has 20 heavy (non-hydrogen) atoms. The van der Waals surface area contributed by atoms with Crippen molar-refractivity contribution in [3.8, 4) is 0 Å². The Morgan fingerprint density at radius 1 is 1.00 bits per heavy atom. The molecule has 0 bridgehead atoms. The van der Waals surface area contributed by atoms with Crippen LogP contribution in [0.15, 0.2) is 12.2 Å². The summed E-state index contributed by atoms with van der Waals surface area (Å²) in [7, 11) is 0. The molecule has 3 saturated carbocycles. The van der Waals surface area contributed by atoms with Gasteiger partial charge in [-0.3, -0.25) is 0 Å². The molecule has 3 aliphatic rings. The summed E-state index contributed by atoms with van der Waals surface area (Å²) in [5.74, 6) is 4.28. The van der Waals surface area contributed by atoms with Crippen LogP contribution in [0.1, 0.15) is 92.9 Å². The zero-order valence-corrected chi connectivity index (χ0v) is 15.2. The summed E-state index contributed by atoms with van der Waals surface area (Å²) in [6.07, 6.45) is 11.5. The van der Waals surface area contributed by atoms with Crippen LogP contribution in [0.2, 0.25) is 0 Å². The van der Waals surface area contributed by atoms with Crippen LogP contribution in [0.4, 0.5) is 0 Å². The van der Waals surface area contributed by atoms with Crippen LogP contribution in [0.3, 0.4) is 0 Å². The molecule has 0 aromatic carbocycles. The number of rotatable bonds is 3. The molecule has 0 radical (unpaired) electrons. The Morgan fingerprint density at radius 3 is 1.40 bits per heavy atom. The van der Waals surface area contributed by atoms with Crippen molar-refractivity contribution in [2.24, 2.45) is 23.7 Å². The van der Waals surface area contributed by atoms with Gasteiger partial charge in [0.25, 0.3) is 0 Å². The third-order valence-electron chi connectivity index (χ3n) is 4.31. The average molecular weight is 281 g/mol. The van der Waals surface area contributed by atoms with Gasteiger partial charge in [0.1, 0.15) is 0 Å². The van der Waals surface area contributed by atoms with Gasteiger partial charge in [0.05, 0.1) is 0 Å². The maximum absolute atomic E-state index is 3.67. The van der Waals surface area contributed by atoms with E-state index in [1.807, 2.05) is 6.92 Å². The summed E-state index contributed by atoms with van der Waals surface area (Å²) in [4.78, 5) is 0. The lowest BCUT2D eigenvalue weighted by Gasteiger charge is -1.94. The van der Waals surface area contributed by atoms with E-state index in [0.29, 0.717) is 0 Å². The van der Waals surface area contributed by atoms with E-state index in [1.165, 1.54) is 50.5 Å². The highest BCUT2D eigenvalue weighted by Gasteiger charge is 2.23. The van der Waals surface area contributed by atoms with Gasteiger partial charge < -0.3 is 0 Å². The van der Waals surface area contributed by atoms with Gasteiger partial charge in [-0.15, -0.1) is 6.58 Å². The highest BCUT2D eigenvalue weighted by atomic mass is 14.3. The molecule has 0 atom stereocenters. The van der Waals surface area contributed by atoms with Gasteiger partial charge in [0.15, 0.2) is 0 Å².